The Bertz CT molecular complexity index is 162. The second kappa shape index (κ2) is 5.13. The van der Waals surface area contributed by atoms with E-state index < -0.39 is 0 Å². The van der Waals surface area contributed by atoms with Crippen molar-refractivity contribution in [1.82, 2.24) is 0 Å². The third kappa shape index (κ3) is 2.29. The van der Waals surface area contributed by atoms with Crippen LogP contribution in [0.3, 0.4) is 0 Å². The molecular weight excluding hydrogens is 174 g/mol. The van der Waals surface area contributed by atoms with Crippen LogP contribution in [-0.4, -0.2) is 19.8 Å². The van der Waals surface area contributed by atoms with Gasteiger partial charge in [0.25, 0.3) is 0 Å². The number of ether oxygens (including phenoxy) is 1. The Morgan fingerprint density at radius 3 is 2.43 bits per heavy atom. The van der Waals surface area contributed by atoms with Crippen LogP contribution in [0.4, 0.5) is 0 Å². The predicted molar refractivity (Wildman–Crippen MR) is 58.0 cm³/mol. The predicted octanol–water partition coefficient (Wildman–Crippen LogP) is 2.18. The molecule has 2 fully saturated rings. The molecule has 2 aliphatic rings. The van der Waals surface area contributed by atoms with Crippen molar-refractivity contribution in [3.8, 4) is 0 Å². The van der Waals surface area contributed by atoms with Crippen LogP contribution in [0.1, 0.15) is 38.5 Å². The summed E-state index contributed by atoms with van der Waals surface area (Å²) in [5, 5.41) is 0. The fourth-order valence-corrected chi connectivity index (χ4v) is 3.02. The number of rotatable bonds is 4. The van der Waals surface area contributed by atoms with Gasteiger partial charge in [-0.2, -0.15) is 0 Å². The first kappa shape index (κ1) is 10.4. The molecular formula is C12H23NO. The molecule has 0 aromatic rings. The molecule has 2 heteroatoms. The molecule has 1 heterocycles. The largest absolute Gasteiger partial charge is 0.381 e. The third-order valence-corrected chi connectivity index (χ3v) is 4.06. The monoisotopic (exact) mass is 197 g/mol. The lowest BCUT2D eigenvalue weighted by atomic mass is 9.68. The minimum atomic E-state index is 0.817. The van der Waals surface area contributed by atoms with Gasteiger partial charge in [0.2, 0.25) is 0 Å². The van der Waals surface area contributed by atoms with E-state index in [1.165, 1.54) is 38.5 Å². The lowest BCUT2D eigenvalue weighted by Crippen LogP contribution is -2.34. The van der Waals surface area contributed by atoms with E-state index in [0.717, 1.165) is 37.5 Å². The van der Waals surface area contributed by atoms with Gasteiger partial charge in [0.1, 0.15) is 0 Å². The lowest BCUT2D eigenvalue weighted by Gasteiger charge is -2.40. The van der Waals surface area contributed by atoms with Gasteiger partial charge in [0, 0.05) is 13.2 Å². The maximum atomic E-state index is 5.71. The Balaban J connectivity index is 1.86. The maximum absolute atomic E-state index is 5.71. The average molecular weight is 197 g/mol. The molecule has 0 amide bonds. The van der Waals surface area contributed by atoms with E-state index in [-0.39, 0.29) is 0 Å². The lowest BCUT2D eigenvalue weighted by molar-refractivity contribution is 0.00211. The summed E-state index contributed by atoms with van der Waals surface area (Å²) in [6.45, 7) is 2.84. The summed E-state index contributed by atoms with van der Waals surface area (Å²) < 4.78 is 5.59. The Morgan fingerprint density at radius 2 is 1.93 bits per heavy atom. The van der Waals surface area contributed by atoms with Crippen molar-refractivity contribution in [3.63, 3.8) is 0 Å². The van der Waals surface area contributed by atoms with E-state index in [1.54, 1.807) is 0 Å². The fourth-order valence-electron chi connectivity index (χ4n) is 3.02. The standard InChI is InChI=1S/C12H23NO/c13-7-6-12(10-3-1-4-10)11-5-2-8-14-9-11/h10-12H,1-9,13H2. The molecule has 0 aromatic heterocycles. The first-order valence-corrected chi connectivity index (χ1v) is 6.19. The van der Waals surface area contributed by atoms with Gasteiger partial charge in [0.15, 0.2) is 0 Å². The van der Waals surface area contributed by atoms with Crippen molar-refractivity contribution in [1.29, 1.82) is 0 Å². The van der Waals surface area contributed by atoms with E-state index in [9.17, 15) is 0 Å². The molecule has 82 valence electrons. The first-order chi connectivity index (χ1) is 6.92. The normalized spacial score (nSPS) is 31.1. The van der Waals surface area contributed by atoms with Gasteiger partial charge in [-0.25, -0.2) is 0 Å². The highest BCUT2D eigenvalue weighted by atomic mass is 16.5. The summed E-state index contributed by atoms with van der Waals surface area (Å²) in [4.78, 5) is 0. The summed E-state index contributed by atoms with van der Waals surface area (Å²) in [6, 6.07) is 0. The van der Waals surface area contributed by atoms with Crippen LogP contribution in [0.25, 0.3) is 0 Å². The van der Waals surface area contributed by atoms with Crippen LogP contribution in [0.15, 0.2) is 0 Å². The number of hydrogen-bond donors (Lipinski definition) is 1. The van der Waals surface area contributed by atoms with Gasteiger partial charge in [0.05, 0.1) is 0 Å². The zero-order valence-electron chi connectivity index (χ0n) is 9.08. The topological polar surface area (TPSA) is 35.2 Å². The van der Waals surface area contributed by atoms with Crippen molar-refractivity contribution in [2.45, 2.75) is 38.5 Å². The highest BCUT2D eigenvalue weighted by Crippen LogP contribution is 2.41. The molecule has 2 N–H and O–H groups in total. The van der Waals surface area contributed by atoms with Gasteiger partial charge in [-0.3, -0.25) is 0 Å². The van der Waals surface area contributed by atoms with Crippen LogP contribution in [0, 0.1) is 17.8 Å². The summed E-state index contributed by atoms with van der Waals surface area (Å²) in [7, 11) is 0. The van der Waals surface area contributed by atoms with Gasteiger partial charge in [-0.1, -0.05) is 19.3 Å². The minimum Gasteiger partial charge on any atom is -0.381 e. The van der Waals surface area contributed by atoms with Crippen molar-refractivity contribution in [3.05, 3.63) is 0 Å². The molecule has 14 heavy (non-hydrogen) atoms. The van der Waals surface area contributed by atoms with Gasteiger partial charge in [-0.05, 0) is 43.6 Å². The second-order valence-electron chi connectivity index (χ2n) is 4.91. The number of hydrogen-bond acceptors (Lipinski definition) is 2. The zero-order chi connectivity index (χ0) is 9.80. The van der Waals surface area contributed by atoms with Crippen LogP contribution in [-0.2, 0) is 4.74 Å². The molecule has 0 aromatic carbocycles. The molecule has 1 saturated heterocycles. The zero-order valence-corrected chi connectivity index (χ0v) is 9.08. The molecule has 2 nitrogen and oxygen atoms in total. The Kier molecular flexibility index (Phi) is 3.82. The fraction of sp³-hybridized carbons (Fsp3) is 1.00. The van der Waals surface area contributed by atoms with E-state index >= 15 is 0 Å². The molecule has 2 atom stereocenters. The summed E-state index contributed by atoms with van der Waals surface area (Å²) in [5.74, 6) is 2.66. The second-order valence-corrected chi connectivity index (χ2v) is 4.91. The van der Waals surface area contributed by atoms with E-state index in [1.807, 2.05) is 0 Å². The van der Waals surface area contributed by atoms with Crippen LogP contribution in [0.2, 0.25) is 0 Å². The molecule has 1 saturated carbocycles. The number of nitrogens with two attached hydrogens (primary N) is 1. The van der Waals surface area contributed by atoms with Crippen LogP contribution < -0.4 is 5.73 Å². The molecule has 0 spiro atoms. The van der Waals surface area contributed by atoms with Gasteiger partial charge < -0.3 is 10.5 Å². The summed E-state index contributed by atoms with van der Waals surface area (Å²) in [5.41, 5.74) is 5.71. The van der Waals surface area contributed by atoms with E-state index in [4.69, 9.17) is 10.5 Å². The van der Waals surface area contributed by atoms with Crippen molar-refractivity contribution in [2.75, 3.05) is 19.8 Å². The molecule has 1 aliphatic carbocycles. The van der Waals surface area contributed by atoms with Gasteiger partial charge >= 0.3 is 0 Å². The maximum Gasteiger partial charge on any atom is 0.0497 e. The highest BCUT2D eigenvalue weighted by molar-refractivity contribution is 4.83. The SMILES string of the molecule is NCCC(C1CCC1)C1CCCOC1. The minimum absolute atomic E-state index is 0.817. The quantitative estimate of drug-likeness (QED) is 0.749. The van der Waals surface area contributed by atoms with Crippen LogP contribution in [0.5, 0.6) is 0 Å². The Morgan fingerprint density at radius 1 is 1.14 bits per heavy atom. The average Bonchev–Trinajstić information content (AvgIpc) is 2.16. The molecule has 0 radical (unpaired) electrons. The van der Waals surface area contributed by atoms with E-state index in [2.05, 4.69) is 0 Å². The van der Waals surface area contributed by atoms with Crippen molar-refractivity contribution in [2.24, 2.45) is 23.5 Å². The first-order valence-electron chi connectivity index (χ1n) is 6.19. The van der Waals surface area contributed by atoms with Crippen LogP contribution >= 0.6 is 0 Å². The van der Waals surface area contributed by atoms with E-state index in [0.29, 0.717) is 0 Å². The van der Waals surface area contributed by atoms with Crippen molar-refractivity contribution < 1.29 is 4.74 Å². The Hall–Kier alpha value is -0.0800. The molecule has 1 aliphatic heterocycles. The molecule has 2 rings (SSSR count). The third-order valence-electron chi connectivity index (χ3n) is 4.06. The molecule has 0 bridgehead atoms. The smallest absolute Gasteiger partial charge is 0.0497 e. The highest BCUT2D eigenvalue weighted by Gasteiger charge is 2.33. The molecule has 2 unspecified atom stereocenters. The van der Waals surface area contributed by atoms with Crippen molar-refractivity contribution >= 4 is 0 Å². The van der Waals surface area contributed by atoms with Gasteiger partial charge in [-0.15, -0.1) is 0 Å². The summed E-state index contributed by atoms with van der Waals surface area (Å²) >= 11 is 0. The Labute approximate surface area is 87.2 Å². The summed E-state index contributed by atoms with van der Waals surface area (Å²) in [6.07, 6.45) is 8.19.